The molecule has 0 radical (unpaired) electrons. The number of hydrogen-bond donors (Lipinski definition) is 3. The van der Waals surface area contributed by atoms with Gasteiger partial charge in [-0.3, -0.25) is 37.3 Å². The summed E-state index contributed by atoms with van der Waals surface area (Å²) in [7, 11) is -9.96. The van der Waals surface area contributed by atoms with E-state index in [0.717, 1.165) is 167 Å². The van der Waals surface area contributed by atoms with Gasteiger partial charge in [0.05, 0.1) is 26.4 Å². The maximum absolute atomic E-state index is 13.1. The minimum atomic E-state index is -4.98. The molecule has 0 aliphatic rings. The molecule has 5 unspecified atom stereocenters. The molecule has 0 spiro atoms. The summed E-state index contributed by atoms with van der Waals surface area (Å²) in [4.78, 5) is 73.1. The van der Waals surface area contributed by atoms with Crippen molar-refractivity contribution in [1.82, 2.24) is 0 Å². The van der Waals surface area contributed by atoms with E-state index in [1.807, 2.05) is 0 Å². The number of rotatable bonds is 78. The molecule has 0 bridgehead atoms. The normalized spacial score (nSPS) is 14.3. The molecule has 0 aromatic carbocycles. The molecule has 3 N–H and O–H groups in total. The second-order valence-electron chi connectivity index (χ2n) is 27.7. The Morgan fingerprint density at radius 2 is 0.500 bits per heavy atom. The maximum atomic E-state index is 13.1. The number of aliphatic hydroxyl groups excluding tert-OH is 1. The van der Waals surface area contributed by atoms with Crippen LogP contribution in [0.1, 0.15) is 362 Å². The van der Waals surface area contributed by atoms with Crippen molar-refractivity contribution < 1.29 is 80.2 Å². The number of phosphoric acid groups is 2. The first-order valence-corrected chi connectivity index (χ1v) is 44.5. The number of allylic oxidation sites excluding steroid dienone is 16. The SMILES string of the molecule is CC/C=C\C/C=C\C/C=C\C/C=C\CCCCCCCCC(=O)OCC(COP(=O)(O)OCC(O)COP(=O)(O)OCC(COC(=O)CCCCCC/C=C\C/C=C\C/C=C\C/C=C\CC)OC(=O)CCCCCCCCCCCCCCCCC)OC(=O)CCCCCCCCCCCCCCC. The molecule has 104 heavy (non-hydrogen) atoms. The molecule has 0 heterocycles. The van der Waals surface area contributed by atoms with Crippen LogP contribution in [0, 0.1) is 0 Å². The lowest BCUT2D eigenvalue weighted by molar-refractivity contribution is -0.161. The van der Waals surface area contributed by atoms with Gasteiger partial charge >= 0.3 is 39.5 Å². The van der Waals surface area contributed by atoms with Crippen LogP contribution in [-0.4, -0.2) is 96.7 Å². The predicted molar refractivity (Wildman–Crippen MR) is 427 cm³/mol. The van der Waals surface area contributed by atoms with Crippen molar-refractivity contribution in [3.8, 4) is 0 Å². The van der Waals surface area contributed by atoms with E-state index in [1.54, 1.807) is 0 Å². The second kappa shape index (κ2) is 77.1. The fourth-order valence-corrected chi connectivity index (χ4v) is 12.9. The van der Waals surface area contributed by atoms with E-state index >= 15 is 0 Å². The van der Waals surface area contributed by atoms with Crippen molar-refractivity contribution in [2.24, 2.45) is 0 Å². The van der Waals surface area contributed by atoms with Crippen LogP contribution >= 0.6 is 15.6 Å². The number of carbonyl (C=O) groups is 4. The van der Waals surface area contributed by atoms with Crippen LogP contribution in [0.3, 0.4) is 0 Å². The summed E-state index contributed by atoms with van der Waals surface area (Å²) in [5.41, 5.74) is 0. The Balaban J connectivity index is 5.35. The number of aliphatic hydroxyl groups is 1. The van der Waals surface area contributed by atoms with Gasteiger partial charge in [-0.15, -0.1) is 0 Å². The van der Waals surface area contributed by atoms with Gasteiger partial charge in [0.15, 0.2) is 12.2 Å². The van der Waals surface area contributed by atoms with Gasteiger partial charge in [-0.2, -0.15) is 0 Å². The van der Waals surface area contributed by atoms with Gasteiger partial charge < -0.3 is 33.8 Å². The molecule has 0 aliphatic heterocycles. The molecule has 0 fully saturated rings. The largest absolute Gasteiger partial charge is 0.472 e. The summed E-state index contributed by atoms with van der Waals surface area (Å²) in [6, 6.07) is 0. The lowest BCUT2D eigenvalue weighted by atomic mass is 10.0. The Bertz CT molecular complexity index is 2350. The fourth-order valence-electron chi connectivity index (χ4n) is 11.3. The summed E-state index contributed by atoms with van der Waals surface area (Å²) in [5.74, 6) is -2.19. The van der Waals surface area contributed by atoms with Crippen LogP contribution in [0.4, 0.5) is 0 Å². The van der Waals surface area contributed by atoms with E-state index < -0.39 is 97.5 Å². The molecule has 0 aromatic rings. The van der Waals surface area contributed by atoms with Gasteiger partial charge in [0.2, 0.25) is 0 Å². The molecular weight excluding hydrogens is 1350 g/mol. The monoisotopic (exact) mass is 1510 g/mol. The van der Waals surface area contributed by atoms with E-state index in [2.05, 4.69) is 125 Å². The van der Waals surface area contributed by atoms with Gasteiger partial charge in [-0.1, -0.05) is 330 Å². The average molecular weight is 1510 g/mol. The molecule has 0 aromatic heterocycles. The van der Waals surface area contributed by atoms with Gasteiger partial charge in [0.25, 0.3) is 0 Å². The van der Waals surface area contributed by atoms with Crippen molar-refractivity contribution >= 4 is 39.5 Å². The molecular formula is C85H150O17P2. The van der Waals surface area contributed by atoms with Crippen molar-refractivity contribution in [1.29, 1.82) is 0 Å². The van der Waals surface area contributed by atoms with Crippen LogP contribution < -0.4 is 0 Å². The van der Waals surface area contributed by atoms with Gasteiger partial charge in [0, 0.05) is 25.7 Å². The third-order valence-electron chi connectivity index (χ3n) is 17.6. The van der Waals surface area contributed by atoms with Gasteiger partial charge in [0.1, 0.15) is 19.3 Å². The fraction of sp³-hybridized carbons (Fsp3) is 0.765. The first-order chi connectivity index (χ1) is 50.7. The van der Waals surface area contributed by atoms with Crippen LogP contribution in [0.2, 0.25) is 0 Å². The third-order valence-corrected chi connectivity index (χ3v) is 19.5. The molecule has 5 atom stereocenters. The number of esters is 4. The smallest absolute Gasteiger partial charge is 0.462 e. The number of carbonyl (C=O) groups excluding carboxylic acids is 4. The maximum Gasteiger partial charge on any atom is 0.472 e. The standard InChI is InChI=1S/C85H150O17P2/c1-5-9-13-17-21-25-29-33-36-38-39-41-44-47-50-54-58-62-66-70-83(88)95-75-80(101-84(89)71-67-63-59-55-51-45-32-28-24-20-16-12-8-4)77-99-103(91,92)97-73-79(86)74-98-104(93,94)100-78-81(102-85(90)72-68-64-60-56-52-48-42-35-31-27-23-19-15-11-7-3)76-96-82(87)69-65-61-57-53-49-46-43-40-37-34-30-26-22-18-14-10-6-2/h9-10,13-14,21-22,25-26,33-34,36-37,39,41,43,46,79-81,86H,5-8,11-12,15-20,23-24,27-32,35,38,40,42,44-45,47-78H2,1-4H3,(H,91,92)(H,93,94)/b13-9-,14-10-,25-21-,26-22-,36-33-,37-34-,41-39-,46-43-. The summed E-state index contributed by atoms with van der Waals surface area (Å²) < 4.78 is 68.7. The topological polar surface area (TPSA) is 237 Å². The molecule has 602 valence electrons. The minimum Gasteiger partial charge on any atom is -0.462 e. The van der Waals surface area contributed by atoms with Crippen molar-refractivity contribution in [3.63, 3.8) is 0 Å². The molecule has 0 amide bonds. The average Bonchev–Trinajstić information content (AvgIpc) is 0.939. The Labute approximate surface area is 633 Å². The van der Waals surface area contributed by atoms with Gasteiger partial charge in [-0.25, -0.2) is 9.13 Å². The number of phosphoric ester groups is 2. The third kappa shape index (κ3) is 76.2. The molecule has 0 rings (SSSR count). The number of hydrogen-bond acceptors (Lipinski definition) is 15. The van der Waals surface area contributed by atoms with E-state index in [9.17, 15) is 43.2 Å². The lowest BCUT2D eigenvalue weighted by Gasteiger charge is -2.21. The number of ether oxygens (including phenoxy) is 4. The Hall–Kier alpha value is -4.02. The molecule has 0 saturated heterocycles. The van der Waals surface area contributed by atoms with Crippen LogP contribution in [-0.2, 0) is 65.4 Å². The van der Waals surface area contributed by atoms with Crippen LogP contribution in [0.25, 0.3) is 0 Å². The highest BCUT2D eigenvalue weighted by molar-refractivity contribution is 7.47. The minimum absolute atomic E-state index is 0.0934. The van der Waals surface area contributed by atoms with Crippen molar-refractivity contribution in [3.05, 3.63) is 97.2 Å². The van der Waals surface area contributed by atoms with Crippen LogP contribution in [0.15, 0.2) is 97.2 Å². The molecule has 0 saturated carbocycles. The Morgan fingerprint density at radius 1 is 0.279 bits per heavy atom. The molecule has 17 nitrogen and oxygen atoms in total. The number of unbranched alkanes of at least 4 members (excludes halogenated alkanes) is 36. The quantitative estimate of drug-likeness (QED) is 0.0169. The van der Waals surface area contributed by atoms with Gasteiger partial charge in [-0.05, 0) is 103 Å². The zero-order chi connectivity index (χ0) is 76.0. The Kier molecular flexibility index (Phi) is 74.2. The summed E-state index contributed by atoms with van der Waals surface area (Å²) >= 11 is 0. The van der Waals surface area contributed by atoms with E-state index in [-0.39, 0.29) is 25.7 Å². The Morgan fingerprint density at radius 3 is 0.769 bits per heavy atom. The summed E-state index contributed by atoms with van der Waals surface area (Å²) in [6.45, 7) is 4.68. The van der Waals surface area contributed by atoms with Crippen molar-refractivity contribution in [2.45, 2.75) is 380 Å². The highest BCUT2D eigenvalue weighted by atomic mass is 31.2. The molecule has 19 heteroatoms. The molecule has 0 aliphatic carbocycles. The second-order valence-corrected chi connectivity index (χ2v) is 30.6. The summed E-state index contributed by atoms with van der Waals surface area (Å²) in [5, 5.41) is 10.7. The lowest BCUT2D eigenvalue weighted by Crippen LogP contribution is -2.30. The zero-order valence-electron chi connectivity index (χ0n) is 65.9. The van der Waals surface area contributed by atoms with E-state index in [1.165, 1.54) is 116 Å². The van der Waals surface area contributed by atoms with Crippen molar-refractivity contribution in [2.75, 3.05) is 39.6 Å². The van der Waals surface area contributed by atoms with Crippen LogP contribution in [0.5, 0.6) is 0 Å². The van der Waals surface area contributed by atoms with E-state index in [4.69, 9.17) is 37.0 Å². The highest BCUT2D eigenvalue weighted by Gasteiger charge is 2.30. The summed E-state index contributed by atoms with van der Waals surface area (Å²) in [6.07, 6.45) is 82.3. The first-order valence-electron chi connectivity index (χ1n) is 41.5. The zero-order valence-corrected chi connectivity index (χ0v) is 67.7. The predicted octanol–water partition coefficient (Wildman–Crippen LogP) is 24.3. The first kappa shape index (κ1) is 100.0. The highest BCUT2D eigenvalue weighted by Crippen LogP contribution is 2.45. The van der Waals surface area contributed by atoms with E-state index in [0.29, 0.717) is 25.7 Å².